The molecule has 1 saturated heterocycles. The van der Waals surface area contributed by atoms with Crippen molar-refractivity contribution in [2.75, 3.05) is 29.7 Å². The van der Waals surface area contributed by atoms with Crippen LogP contribution < -0.4 is 15.3 Å². The van der Waals surface area contributed by atoms with Gasteiger partial charge in [-0.1, -0.05) is 0 Å². The quantitative estimate of drug-likeness (QED) is 0.435. The fourth-order valence-electron chi connectivity index (χ4n) is 4.26. The maximum absolute atomic E-state index is 14.4. The van der Waals surface area contributed by atoms with Crippen molar-refractivity contribution in [1.82, 2.24) is 24.9 Å². The third kappa shape index (κ3) is 6.29. The molecule has 3 aromatic rings. The van der Waals surface area contributed by atoms with Crippen LogP contribution in [0.3, 0.4) is 0 Å². The summed E-state index contributed by atoms with van der Waals surface area (Å²) in [5, 5.41) is 10.9. The second-order valence-electron chi connectivity index (χ2n) is 10.1. The van der Waals surface area contributed by atoms with Crippen molar-refractivity contribution in [3.05, 3.63) is 47.8 Å². The van der Waals surface area contributed by atoms with Gasteiger partial charge in [-0.25, -0.2) is 23.5 Å². The number of amides is 1. The normalized spacial score (nSPS) is 14.6. The lowest BCUT2D eigenvalue weighted by Gasteiger charge is -2.32. The minimum Gasteiger partial charge on any atom is -0.462 e. The standard InChI is InChI=1S/C26H34FN7O4/c1-6-37-24(35)19-16-29-32-13-10-22(31-23(19)32)34-12-7-11-33(34)21-14-18(27)15-28-20(21)9-8-17(2)30-25(36)38-26(3,4)5/h10,13-17H,6-9,11-12H2,1-5H3,(H,30,36)/t17-/m1/s1. The number of carbonyl (C=O) groups is 2. The Kier molecular flexibility index (Phi) is 7.98. The first-order valence-corrected chi connectivity index (χ1v) is 12.8. The third-order valence-corrected chi connectivity index (χ3v) is 5.91. The average Bonchev–Trinajstić information content (AvgIpc) is 3.49. The van der Waals surface area contributed by atoms with Crippen LogP contribution in [0.15, 0.2) is 30.7 Å². The zero-order valence-corrected chi connectivity index (χ0v) is 22.4. The van der Waals surface area contributed by atoms with Crippen LogP contribution in [-0.2, 0) is 15.9 Å². The van der Waals surface area contributed by atoms with Crippen LogP contribution in [0, 0.1) is 5.82 Å². The molecule has 1 aliphatic heterocycles. The Balaban J connectivity index is 1.54. The van der Waals surface area contributed by atoms with Gasteiger partial charge in [0, 0.05) is 37.5 Å². The molecule has 11 nitrogen and oxygen atoms in total. The van der Waals surface area contributed by atoms with Crippen molar-refractivity contribution in [2.45, 2.75) is 65.5 Å². The first kappa shape index (κ1) is 27.1. The van der Waals surface area contributed by atoms with E-state index in [1.165, 1.54) is 23.0 Å². The molecule has 1 fully saturated rings. The topological polar surface area (TPSA) is 114 Å². The lowest BCUT2D eigenvalue weighted by molar-refractivity contribution is 0.0502. The van der Waals surface area contributed by atoms with Gasteiger partial charge in [0.05, 0.1) is 30.4 Å². The summed E-state index contributed by atoms with van der Waals surface area (Å²) in [6.07, 6.45) is 5.81. The van der Waals surface area contributed by atoms with Gasteiger partial charge in [0.15, 0.2) is 11.5 Å². The van der Waals surface area contributed by atoms with E-state index in [9.17, 15) is 14.0 Å². The number of halogens is 1. The number of pyridine rings is 1. The summed E-state index contributed by atoms with van der Waals surface area (Å²) in [4.78, 5) is 33.6. The third-order valence-electron chi connectivity index (χ3n) is 5.91. The fourth-order valence-corrected chi connectivity index (χ4v) is 4.26. The van der Waals surface area contributed by atoms with Crippen molar-refractivity contribution in [3.63, 3.8) is 0 Å². The fraction of sp³-hybridized carbons (Fsp3) is 0.500. The lowest BCUT2D eigenvalue weighted by atomic mass is 10.1. The first-order chi connectivity index (χ1) is 18.1. The number of esters is 1. The molecule has 3 aromatic heterocycles. The van der Waals surface area contributed by atoms with Gasteiger partial charge >= 0.3 is 12.1 Å². The predicted molar refractivity (Wildman–Crippen MR) is 140 cm³/mol. The largest absolute Gasteiger partial charge is 0.462 e. The monoisotopic (exact) mass is 527 g/mol. The summed E-state index contributed by atoms with van der Waals surface area (Å²) < 4.78 is 26.4. The minimum atomic E-state index is -0.584. The van der Waals surface area contributed by atoms with Gasteiger partial charge in [0.25, 0.3) is 0 Å². The second-order valence-corrected chi connectivity index (χ2v) is 10.1. The Labute approximate surface area is 220 Å². The first-order valence-electron chi connectivity index (χ1n) is 12.8. The number of fused-ring (bicyclic) bond motifs is 1. The molecule has 38 heavy (non-hydrogen) atoms. The number of aryl methyl sites for hydroxylation is 1. The Morgan fingerprint density at radius 2 is 1.97 bits per heavy atom. The van der Waals surface area contributed by atoms with E-state index in [0.29, 0.717) is 48.8 Å². The summed E-state index contributed by atoms with van der Waals surface area (Å²) >= 11 is 0. The molecule has 0 radical (unpaired) electrons. The van der Waals surface area contributed by atoms with Gasteiger partial charge in [-0.15, -0.1) is 0 Å². The Morgan fingerprint density at radius 1 is 1.21 bits per heavy atom. The molecular formula is C26H34FN7O4. The van der Waals surface area contributed by atoms with Crippen molar-refractivity contribution in [1.29, 1.82) is 0 Å². The number of nitrogens with one attached hydrogen (secondary N) is 1. The number of aromatic nitrogens is 4. The van der Waals surface area contributed by atoms with Gasteiger partial charge in [0.2, 0.25) is 0 Å². The van der Waals surface area contributed by atoms with Crippen molar-refractivity contribution < 1.29 is 23.5 Å². The van der Waals surface area contributed by atoms with Crippen LogP contribution in [-0.4, -0.2) is 63.0 Å². The zero-order chi connectivity index (χ0) is 27.4. The number of ether oxygens (including phenoxy) is 2. The summed E-state index contributed by atoms with van der Waals surface area (Å²) in [6.45, 7) is 10.6. The van der Waals surface area contributed by atoms with E-state index in [1.54, 1.807) is 19.2 Å². The molecule has 0 bridgehead atoms. The van der Waals surface area contributed by atoms with Crippen molar-refractivity contribution in [2.24, 2.45) is 0 Å². The van der Waals surface area contributed by atoms with E-state index in [2.05, 4.69) is 15.4 Å². The summed E-state index contributed by atoms with van der Waals surface area (Å²) in [5.74, 6) is -0.341. The predicted octanol–water partition coefficient (Wildman–Crippen LogP) is 3.92. The molecule has 1 N–H and O–H groups in total. The molecule has 1 amide bonds. The second kappa shape index (κ2) is 11.2. The van der Waals surface area contributed by atoms with Crippen LogP contribution in [0.2, 0.25) is 0 Å². The molecule has 1 atom stereocenters. The number of hydrazine groups is 1. The molecule has 1 aliphatic rings. The Morgan fingerprint density at radius 3 is 2.71 bits per heavy atom. The van der Waals surface area contributed by atoms with E-state index in [0.717, 1.165) is 6.42 Å². The molecule has 0 spiro atoms. The molecule has 0 unspecified atom stereocenters. The molecule has 204 valence electrons. The van der Waals surface area contributed by atoms with Crippen LogP contribution in [0.1, 0.15) is 63.5 Å². The smallest absolute Gasteiger partial charge is 0.407 e. The highest BCUT2D eigenvalue weighted by Gasteiger charge is 2.28. The number of anilines is 2. The maximum Gasteiger partial charge on any atom is 0.407 e. The van der Waals surface area contributed by atoms with E-state index in [-0.39, 0.29) is 18.2 Å². The van der Waals surface area contributed by atoms with E-state index < -0.39 is 23.5 Å². The molecule has 0 aromatic carbocycles. The number of hydrogen-bond acceptors (Lipinski definition) is 9. The average molecular weight is 528 g/mol. The van der Waals surface area contributed by atoms with Gasteiger partial charge in [-0.3, -0.25) is 15.0 Å². The van der Waals surface area contributed by atoms with Crippen LogP contribution >= 0.6 is 0 Å². The summed E-state index contributed by atoms with van der Waals surface area (Å²) in [7, 11) is 0. The molecule has 4 heterocycles. The van der Waals surface area contributed by atoms with Gasteiger partial charge < -0.3 is 14.8 Å². The summed E-state index contributed by atoms with van der Waals surface area (Å²) in [5.41, 5.74) is 1.41. The highest BCUT2D eigenvalue weighted by atomic mass is 19.1. The van der Waals surface area contributed by atoms with Crippen molar-refractivity contribution in [3.8, 4) is 0 Å². The maximum atomic E-state index is 14.4. The Hall–Kier alpha value is -3.96. The van der Waals surface area contributed by atoms with Gasteiger partial charge in [0.1, 0.15) is 17.0 Å². The van der Waals surface area contributed by atoms with Gasteiger partial charge in [-0.05, 0) is 53.9 Å². The minimum absolute atomic E-state index is 0.175. The highest BCUT2D eigenvalue weighted by molar-refractivity contribution is 5.95. The lowest BCUT2D eigenvalue weighted by Crippen LogP contribution is -2.39. The summed E-state index contributed by atoms with van der Waals surface area (Å²) in [6, 6.07) is 3.09. The number of hydrogen-bond donors (Lipinski definition) is 1. The molecule has 12 heteroatoms. The Bertz CT molecular complexity index is 1310. The molecule has 0 aliphatic carbocycles. The van der Waals surface area contributed by atoms with Gasteiger partial charge in [-0.2, -0.15) is 5.10 Å². The molecule has 4 rings (SSSR count). The zero-order valence-electron chi connectivity index (χ0n) is 22.4. The van der Waals surface area contributed by atoms with Crippen molar-refractivity contribution >= 4 is 29.2 Å². The molecule has 0 saturated carbocycles. The van der Waals surface area contributed by atoms with Crippen LogP contribution in [0.4, 0.5) is 20.7 Å². The van der Waals surface area contributed by atoms with E-state index in [1.807, 2.05) is 37.7 Å². The van der Waals surface area contributed by atoms with Crippen LogP contribution in [0.25, 0.3) is 5.65 Å². The highest BCUT2D eigenvalue weighted by Crippen LogP contribution is 2.30. The SMILES string of the molecule is CCOC(=O)c1cnn2ccc(N3CCCN3c3cc(F)cnc3CC[C@@H](C)NC(=O)OC(C)(C)C)nc12. The number of rotatable bonds is 8. The number of alkyl carbamates (subject to hydrolysis) is 1. The van der Waals surface area contributed by atoms with E-state index >= 15 is 0 Å². The molecular weight excluding hydrogens is 493 g/mol. The number of nitrogens with zero attached hydrogens (tertiary/aromatic N) is 6. The van der Waals surface area contributed by atoms with E-state index in [4.69, 9.17) is 14.5 Å². The number of carbonyl (C=O) groups excluding carboxylic acids is 2. The van der Waals surface area contributed by atoms with Crippen LogP contribution in [0.5, 0.6) is 0 Å².